The van der Waals surface area contributed by atoms with Crippen LogP contribution in [0, 0.1) is 0 Å². The summed E-state index contributed by atoms with van der Waals surface area (Å²) in [6.45, 7) is 0.585. The zero-order valence-electron chi connectivity index (χ0n) is 8.46. The zero-order chi connectivity index (χ0) is 11.0. The molecule has 0 spiro atoms. The normalized spacial score (nSPS) is 25.1. The predicted molar refractivity (Wildman–Crippen MR) is 59.0 cm³/mol. The molecule has 1 aliphatic rings. The summed E-state index contributed by atoms with van der Waals surface area (Å²) in [5.41, 5.74) is 0. The molecule has 16 heavy (non-hydrogen) atoms. The highest BCUT2D eigenvalue weighted by molar-refractivity contribution is 7.13. The molecule has 0 bridgehead atoms. The highest BCUT2D eigenvalue weighted by atomic mass is 32.1. The number of aliphatic hydroxyl groups is 1. The highest BCUT2D eigenvalue weighted by Gasteiger charge is 2.28. The van der Waals surface area contributed by atoms with Gasteiger partial charge in [-0.1, -0.05) is 11.2 Å². The van der Waals surface area contributed by atoms with Gasteiger partial charge in [0.05, 0.1) is 17.0 Å². The van der Waals surface area contributed by atoms with Gasteiger partial charge in [0, 0.05) is 6.54 Å². The summed E-state index contributed by atoms with van der Waals surface area (Å²) in [5, 5.41) is 18.4. The fraction of sp³-hybridized carbons (Fsp3) is 0.400. The molecule has 0 amide bonds. The molecule has 3 heterocycles. The van der Waals surface area contributed by atoms with Gasteiger partial charge in [0.25, 0.3) is 0 Å². The zero-order valence-corrected chi connectivity index (χ0v) is 9.28. The fourth-order valence-corrected chi connectivity index (χ4v) is 2.44. The van der Waals surface area contributed by atoms with Crippen molar-refractivity contribution in [3.05, 3.63) is 23.4 Å². The van der Waals surface area contributed by atoms with Crippen molar-refractivity contribution in [2.24, 2.45) is 0 Å². The molecule has 6 heteroatoms. The van der Waals surface area contributed by atoms with Gasteiger partial charge < -0.3 is 14.9 Å². The minimum absolute atomic E-state index is 0.0174. The largest absolute Gasteiger partial charge is 0.392 e. The lowest BCUT2D eigenvalue weighted by atomic mass is 10.2. The number of β-amino-alcohol motifs (C(OH)–C–C–N with tert-alkyl or cyclic N) is 1. The quantitative estimate of drug-likeness (QED) is 0.821. The standard InChI is InChI=1S/C10H11N3O2S/c14-6-4-7(11-5-6)10-12-9(13-15-10)8-2-1-3-16-8/h1-3,6-7,11,14H,4-5H2/t6-,7+/m1/s1. The second-order valence-corrected chi connectivity index (χ2v) is 4.73. The Kier molecular flexibility index (Phi) is 2.47. The number of thiophene rings is 1. The van der Waals surface area contributed by atoms with Crippen LogP contribution in [-0.4, -0.2) is 27.9 Å². The van der Waals surface area contributed by atoms with Crippen LogP contribution in [0.3, 0.4) is 0 Å². The molecule has 84 valence electrons. The van der Waals surface area contributed by atoms with Crippen molar-refractivity contribution in [2.75, 3.05) is 6.54 Å². The molecular weight excluding hydrogens is 226 g/mol. The molecule has 0 unspecified atom stereocenters. The maximum Gasteiger partial charge on any atom is 0.244 e. The van der Waals surface area contributed by atoms with Gasteiger partial charge in [-0.2, -0.15) is 4.98 Å². The monoisotopic (exact) mass is 237 g/mol. The summed E-state index contributed by atoms with van der Waals surface area (Å²) in [4.78, 5) is 5.32. The molecule has 0 aromatic carbocycles. The third-order valence-corrected chi connectivity index (χ3v) is 3.45. The van der Waals surface area contributed by atoms with Crippen molar-refractivity contribution in [1.82, 2.24) is 15.5 Å². The Labute approximate surface area is 96.1 Å². The van der Waals surface area contributed by atoms with E-state index in [1.165, 1.54) is 0 Å². The Hall–Kier alpha value is -1.24. The summed E-state index contributed by atoms with van der Waals surface area (Å²) in [7, 11) is 0. The van der Waals surface area contributed by atoms with Gasteiger partial charge in [-0.25, -0.2) is 0 Å². The number of aliphatic hydroxyl groups excluding tert-OH is 1. The molecule has 0 radical (unpaired) electrons. The first-order valence-electron chi connectivity index (χ1n) is 5.12. The van der Waals surface area contributed by atoms with E-state index < -0.39 is 0 Å². The van der Waals surface area contributed by atoms with Crippen molar-refractivity contribution >= 4 is 11.3 Å². The van der Waals surface area contributed by atoms with Gasteiger partial charge >= 0.3 is 0 Å². The average Bonchev–Trinajstić information content (AvgIpc) is 2.97. The summed E-state index contributed by atoms with van der Waals surface area (Å²) < 4.78 is 5.19. The van der Waals surface area contributed by atoms with Crippen LogP contribution in [0.2, 0.25) is 0 Å². The lowest BCUT2D eigenvalue weighted by Gasteiger charge is -2.01. The van der Waals surface area contributed by atoms with E-state index in [9.17, 15) is 5.11 Å². The van der Waals surface area contributed by atoms with Crippen LogP contribution in [0.1, 0.15) is 18.4 Å². The van der Waals surface area contributed by atoms with E-state index in [0.29, 0.717) is 24.7 Å². The highest BCUT2D eigenvalue weighted by Crippen LogP contribution is 2.26. The summed E-state index contributed by atoms with van der Waals surface area (Å²) in [5.74, 6) is 1.17. The second-order valence-electron chi connectivity index (χ2n) is 3.78. The maximum atomic E-state index is 9.40. The molecule has 1 saturated heterocycles. The van der Waals surface area contributed by atoms with E-state index in [0.717, 1.165) is 4.88 Å². The number of hydrogen-bond donors (Lipinski definition) is 2. The van der Waals surface area contributed by atoms with E-state index in [-0.39, 0.29) is 12.1 Å². The van der Waals surface area contributed by atoms with Crippen LogP contribution in [0.25, 0.3) is 10.7 Å². The molecule has 5 nitrogen and oxygen atoms in total. The van der Waals surface area contributed by atoms with E-state index in [1.54, 1.807) is 11.3 Å². The Balaban J connectivity index is 1.83. The van der Waals surface area contributed by atoms with E-state index in [4.69, 9.17) is 4.52 Å². The second kappa shape index (κ2) is 3.97. The third-order valence-electron chi connectivity index (χ3n) is 2.59. The predicted octanol–water partition coefficient (Wildman–Crippen LogP) is 1.19. The summed E-state index contributed by atoms with van der Waals surface area (Å²) in [6, 6.07) is 3.89. The molecule has 2 atom stereocenters. The van der Waals surface area contributed by atoms with Crippen molar-refractivity contribution in [3.63, 3.8) is 0 Å². The molecule has 2 aromatic rings. The first-order chi connectivity index (χ1) is 7.83. The Morgan fingerprint density at radius 3 is 3.19 bits per heavy atom. The maximum absolute atomic E-state index is 9.40. The summed E-state index contributed by atoms with van der Waals surface area (Å²) in [6.07, 6.45) is 0.314. The minimum atomic E-state index is -0.318. The number of aromatic nitrogens is 2. The molecule has 0 saturated carbocycles. The fourth-order valence-electron chi connectivity index (χ4n) is 1.79. The molecular formula is C10H11N3O2S. The van der Waals surface area contributed by atoms with Gasteiger partial charge in [-0.3, -0.25) is 0 Å². The Bertz CT molecular complexity index is 468. The van der Waals surface area contributed by atoms with Crippen LogP contribution in [-0.2, 0) is 0 Å². The minimum Gasteiger partial charge on any atom is -0.392 e. The van der Waals surface area contributed by atoms with Crippen LogP contribution in [0.15, 0.2) is 22.0 Å². The van der Waals surface area contributed by atoms with Gasteiger partial charge in [0.1, 0.15) is 0 Å². The summed E-state index contributed by atoms with van der Waals surface area (Å²) >= 11 is 1.58. The average molecular weight is 237 g/mol. The molecule has 2 N–H and O–H groups in total. The van der Waals surface area contributed by atoms with E-state index >= 15 is 0 Å². The molecule has 1 aliphatic heterocycles. The molecule has 0 aliphatic carbocycles. The number of nitrogens with one attached hydrogen (secondary N) is 1. The SMILES string of the molecule is O[C@H]1CN[C@H](c2nc(-c3cccs3)no2)C1. The van der Waals surface area contributed by atoms with Gasteiger partial charge in [-0.05, 0) is 17.9 Å². The van der Waals surface area contributed by atoms with Gasteiger partial charge in [-0.15, -0.1) is 11.3 Å². The van der Waals surface area contributed by atoms with Crippen molar-refractivity contribution in [2.45, 2.75) is 18.6 Å². The third kappa shape index (κ3) is 1.75. The van der Waals surface area contributed by atoms with Crippen LogP contribution in [0.4, 0.5) is 0 Å². The Morgan fingerprint density at radius 1 is 1.56 bits per heavy atom. The van der Waals surface area contributed by atoms with Crippen LogP contribution in [0.5, 0.6) is 0 Å². The number of rotatable bonds is 2. The number of nitrogens with zero attached hydrogens (tertiary/aromatic N) is 2. The lowest BCUT2D eigenvalue weighted by Crippen LogP contribution is -2.15. The Morgan fingerprint density at radius 2 is 2.50 bits per heavy atom. The van der Waals surface area contributed by atoms with Crippen LogP contribution >= 0.6 is 11.3 Å². The van der Waals surface area contributed by atoms with Crippen molar-refractivity contribution in [1.29, 1.82) is 0 Å². The van der Waals surface area contributed by atoms with E-state index in [2.05, 4.69) is 15.5 Å². The van der Waals surface area contributed by atoms with Crippen LogP contribution < -0.4 is 5.32 Å². The van der Waals surface area contributed by atoms with Crippen molar-refractivity contribution in [3.8, 4) is 10.7 Å². The lowest BCUT2D eigenvalue weighted by molar-refractivity contribution is 0.191. The van der Waals surface area contributed by atoms with E-state index in [1.807, 2.05) is 17.5 Å². The van der Waals surface area contributed by atoms with Gasteiger partial charge in [0.15, 0.2) is 0 Å². The molecule has 1 fully saturated rings. The first-order valence-corrected chi connectivity index (χ1v) is 6.00. The van der Waals surface area contributed by atoms with Gasteiger partial charge in [0.2, 0.25) is 11.7 Å². The van der Waals surface area contributed by atoms with Crippen molar-refractivity contribution < 1.29 is 9.63 Å². The molecule has 3 rings (SSSR count). The smallest absolute Gasteiger partial charge is 0.244 e. The first kappa shape index (κ1) is 9.95. The number of hydrogen-bond acceptors (Lipinski definition) is 6. The molecule has 2 aromatic heterocycles. The topological polar surface area (TPSA) is 71.2 Å².